The van der Waals surface area contributed by atoms with E-state index in [4.69, 9.17) is 4.98 Å². The lowest BCUT2D eigenvalue weighted by Gasteiger charge is -2.15. The summed E-state index contributed by atoms with van der Waals surface area (Å²) in [5.41, 5.74) is 3.51. The van der Waals surface area contributed by atoms with E-state index >= 15 is 0 Å². The number of pyridine rings is 1. The quantitative estimate of drug-likeness (QED) is 0.401. The molecule has 0 saturated carbocycles. The lowest BCUT2D eigenvalue weighted by atomic mass is 10.2. The summed E-state index contributed by atoms with van der Waals surface area (Å²) in [6, 6.07) is 21.2. The molecule has 2 heterocycles. The standard InChI is InChI=1S/C21H17N3OS/c1-15-8-2-5-12-19(15)24-20(25)17-10-3-4-11-18(17)23-21(24)26-14-16-9-6-7-13-22-16/h2-13H,14H2,1H3. The Morgan fingerprint density at radius 2 is 1.73 bits per heavy atom. The van der Waals surface area contributed by atoms with Crippen LogP contribution in [0.25, 0.3) is 16.6 Å². The van der Waals surface area contributed by atoms with Crippen LogP contribution >= 0.6 is 11.8 Å². The fourth-order valence-corrected chi connectivity index (χ4v) is 3.78. The number of aromatic nitrogens is 3. The van der Waals surface area contributed by atoms with Gasteiger partial charge in [0.05, 0.1) is 22.3 Å². The second-order valence-electron chi connectivity index (χ2n) is 5.95. The molecule has 2 aromatic heterocycles. The molecule has 0 radical (unpaired) electrons. The molecule has 4 nitrogen and oxygen atoms in total. The highest BCUT2D eigenvalue weighted by atomic mass is 32.2. The third-order valence-electron chi connectivity index (χ3n) is 4.18. The number of para-hydroxylation sites is 2. The Morgan fingerprint density at radius 3 is 2.54 bits per heavy atom. The molecule has 0 amide bonds. The van der Waals surface area contributed by atoms with Crippen molar-refractivity contribution in [1.29, 1.82) is 0 Å². The molecule has 0 spiro atoms. The van der Waals surface area contributed by atoms with Crippen molar-refractivity contribution >= 4 is 22.7 Å². The summed E-state index contributed by atoms with van der Waals surface area (Å²) < 4.78 is 1.71. The fourth-order valence-electron chi connectivity index (χ4n) is 2.86. The molecule has 26 heavy (non-hydrogen) atoms. The van der Waals surface area contributed by atoms with Crippen LogP contribution in [0, 0.1) is 6.92 Å². The third-order valence-corrected chi connectivity index (χ3v) is 5.15. The molecule has 2 aromatic carbocycles. The van der Waals surface area contributed by atoms with Crippen molar-refractivity contribution in [2.45, 2.75) is 17.8 Å². The largest absolute Gasteiger partial charge is 0.268 e. The van der Waals surface area contributed by atoms with Gasteiger partial charge >= 0.3 is 0 Å². The number of hydrogen-bond acceptors (Lipinski definition) is 4. The molecular formula is C21H17N3OS. The van der Waals surface area contributed by atoms with Gasteiger partial charge in [-0.25, -0.2) is 4.98 Å². The van der Waals surface area contributed by atoms with Gasteiger partial charge in [-0.1, -0.05) is 48.2 Å². The van der Waals surface area contributed by atoms with Crippen molar-refractivity contribution in [1.82, 2.24) is 14.5 Å². The van der Waals surface area contributed by atoms with Crippen LogP contribution in [0.5, 0.6) is 0 Å². The first-order valence-corrected chi connectivity index (χ1v) is 9.33. The van der Waals surface area contributed by atoms with E-state index in [1.165, 1.54) is 11.8 Å². The number of benzene rings is 2. The molecular weight excluding hydrogens is 342 g/mol. The van der Waals surface area contributed by atoms with E-state index in [2.05, 4.69) is 4.98 Å². The Morgan fingerprint density at radius 1 is 0.962 bits per heavy atom. The van der Waals surface area contributed by atoms with E-state index in [0.29, 0.717) is 21.8 Å². The Balaban J connectivity index is 1.88. The first kappa shape index (κ1) is 16.5. The van der Waals surface area contributed by atoms with Crippen LogP contribution in [0.1, 0.15) is 11.3 Å². The molecule has 0 fully saturated rings. The van der Waals surface area contributed by atoms with Crippen molar-refractivity contribution in [3.8, 4) is 5.69 Å². The van der Waals surface area contributed by atoms with E-state index < -0.39 is 0 Å². The molecule has 4 aromatic rings. The SMILES string of the molecule is Cc1ccccc1-n1c(SCc2ccccn2)nc2ccccc2c1=O. The number of rotatable bonds is 4. The lowest BCUT2D eigenvalue weighted by molar-refractivity contribution is 0.814. The predicted molar refractivity (Wildman–Crippen MR) is 106 cm³/mol. The molecule has 4 rings (SSSR count). The second-order valence-corrected chi connectivity index (χ2v) is 6.89. The van der Waals surface area contributed by atoms with Crippen LogP contribution in [0.4, 0.5) is 0 Å². The molecule has 5 heteroatoms. The average Bonchev–Trinajstić information content (AvgIpc) is 2.68. The smallest absolute Gasteiger partial charge is 0.266 e. The summed E-state index contributed by atoms with van der Waals surface area (Å²) in [7, 11) is 0. The summed E-state index contributed by atoms with van der Waals surface area (Å²) in [6.45, 7) is 2.00. The van der Waals surface area contributed by atoms with Gasteiger partial charge in [0.1, 0.15) is 0 Å². The minimum atomic E-state index is -0.0478. The topological polar surface area (TPSA) is 47.8 Å². The van der Waals surface area contributed by atoms with Crippen molar-refractivity contribution < 1.29 is 0 Å². The highest BCUT2D eigenvalue weighted by molar-refractivity contribution is 7.98. The van der Waals surface area contributed by atoms with Crippen molar-refractivity contribution in [3.63, 3.8) is 0 Å². The maximum absolute atomic E-state index is 13.2. The number of hydrogen-bond donors (Lipinski definition) is 0. The summed E-state index contributed by atoms with van der Waals surface area (Å²) in [5, 5.41) is 1.30. The Hall–Kier alpha value is -2.92. The molecule has 0 saturated heterocycles. The van der Waals surface area contributed by atoms with Gasteiger partial charge in [-0.2, -0.15) is 0 Å². The van der Waals surface area contributed by atoms with Gasteiger partial charge in [0, 0.05) is 11.9 Å². The van der Waals surface area contributed by atoms with Gasteiger partial charge in [0.25, 0.3) is 5.56 Å². The zero-order valence-corrected chi connectivity index (χ0v) is 15.1. The Kier molecular flexibility index (Phi) is 4.54. The molecule has 128 valence electrons. The number of nitrogens with zero attached hydrogens (tertiary/aromatic N) is 3. The summed E-state index contributed by atoms with van der Waals surface area (Å²) >= 11 is 1.52. The van der Waals surface area contributed by atoms with E-state index in [9.17, 15) is 4.79 Å². The minimum absolute atomic E-state index is 0.0478. The van der Waals surface area contributed by atoms with Crippen molar-refractivity contribution in [3.05, 3.63) is 94.5 Å². The molecule has 0 aliphatic carbocycles. The maximum atomic E-state index is 13.2. The third kappa shape index (κ3) is 3.13. The average molecular weight is 359 g/mol. The van der Waals surface area contributed by atoms with Crippen LogP contribution in [-0.2, 0) is 5.75 Å². The van der Waals surface area contributed by atoms with Crippen LogP contribution in [0.15, 0.2) is 82.9 Å². The summed E-state index contributed by atoms with van der Waals surface area (Å²) in [4.78, 5) is 22.3. The van der Waals surface area contributed by atoms with Gasteiger partial charge in [0.2, 0.25) is 0 Å². The van der Waals surface area contributed by atoms with Crippen LogP contribution < -0.4 is 5.56 Å². The van der Waals surface area contributed by atoms with Crippen molar-refractivity contribution in [2.24, 2.45) is 0 Å². The Bertz CT molecular complexity index is 1120. The minimum Gasteiger partial charge on any atom is -0.268 e. The van der Waals surface area contributed by atoms with Crippen molar-refractivity contribution in [2.75, 3.05) is 0 Å². The van der Waals surface area contributed by atoms with Gasteiger partial charge in [0.15, 0.2) is 5.16 Å². The van der Waals surface area contributed by atoms with E-state index in [0.717, 1.165) is 16.9 Å². The summed E-state index contributed by atoms with van der Waals surface area (Å²) in [5.74, 6) is 0.650. The molecule has 0 unspecified atom stereocenters. The highest BCUT2D eigenvalue weighted by Crippen LogP contribution is 2.25. The Labute approximate surface area is 155 Å². The monoisotopic (exact) mass is 359 g/mol. The zero-order valence-electron chi connectivity index (χ0n) is 14.3. The normalized spacial score (nSPS) is 11.0. The number of fused-ring (bicyclic) bond motifs is 1. The van der Waals surface area contributed by atoms with Crippen LogP contribution in [0.3, 0.4) is 0 Å². The zero-order chi connectivity index (χ0) is 17.9. The first-order valence-electron chi connectivity index (χ1n) is 8.34. The van der Waals surface area contributed by atoms with E-state index in [1.807, 2.05) is 73.7 Å². The first-order chi connectivity index (χ1) is 12.7. The van der Waals surface area contributed by atoms with Gasteiger partial charge in [-0.15, -0.1) is 0 Å². The number of aryl methyl sites for hydroxylation is 1. The molecule has 0 aliphatic rings. The van der Waals surface area contributed by atoms with Crippen LogP contribution in [0.2, 0.25) is 0 Å². The second kappa shape index (κ2) is 7.14. The predicted octanol–water partition coefficient (Wildman–Crippen LogP) is 4.38. The van der Waals surface area contributed by atoms with Gasteiger partial charge < -0.3 is 0 Å². The lowest BCUT2D eigenvalue weighted by Crippen LogP contribution is -2.22. The maximum Gasteiger partial charge on any atom is 0.266 e. The fraction of sp³-hybridized carbons (Fsp3) is 0.0952. The molecule has 0 N–H and O–H groups in total. The summed E-state index contributed by atoms with van der Waals surface area (Å²) in [6.07, 6.45) is 1.78. The molecule has 0 bridgehead atoms. The highest BCUT2D eigenvalue weighted by Gasteiger charge is 2.14. The van der Waals surface area contributed by atoms with E-state index in [-0.39, 0.29) is 5.56 Å². The number of thioether (sulfide) groups is 1. The molecule has 0 aliphatic heterocycles. The van der Waals surface area contributed by atoms with Crippen LogP contribution in [-0.4, -0.2) is 14.5 Å². The van der Waals surface area contributed by atoms with Gasteiger partial charge in [-0.05, 0) is 42.8 Å². The van der Waals surface area contributed by atoms with Gasteiger partial charge in [-0.3, -0.25) is 14.3 Å². The van der Waals surface area contributed by atoms with E-state index in [1.54, 1.807) is 10.8 Å². The molecule has 0 atom stereocenters.